The van der Waals surface area contributed by atoms with Crippen LogP contribution in [0.5, 0.6) is 5.75 Å². The van der Waals surface area contributed by atoms with Gasteiger partial charge in [-0.2, -0.15) is 0 Å². The zero-order chi connectivity index (χ0) is 27.1. The molecule has 0 radical (unpaired) electrons. The second-order valence-electron chi connectivity index (χ2n) is 11.2. The SMILES string of the molecule is COCCCOc1cc(C(=O)N(C[C@@H]2CNC[C@H]2CN(C(=O)O[C@H]2CCOC2)C2CC2)C(C)C)ccc1C. The highest BCUT2D eigenvalue weighted by molar-refractivity contribution is 5.95. The molecular formula is C29H45N3O6. The number of aryl methyl sites for hydroxylation is 1. The number of hydrogen-bond donors (Lipinski definition) is 1. The van der Waals surface area contributed by atoms with E-state index in [2.05, 4.69) is 19.2 Å². The number of carbonyl (C=O) groups excluding carboxylic acids is 2. The number of benzene rings is 1. The van der Waals surface area contributed by atoms with E-state index in [-0.39, 0.29) is 42.0 Å². The molecule has 1 aromatic carbocycles. The van der Waals surface area contributed by atoms with Gasteiger partial charge in [-0.3, -0.25) is 4.79 Å². The van der Waals surface area contributed by atoms with E-state index in [1.165, 1.54) is 0 Å². The third kappa shape index (κ3) is 7.61. The van der Waals surface area contributed by atoms with Crippen LogP contribution < -0.4 is 10.1 Å². The molecule has 2 saturated heterocycles. The Morgan fingerprint density at radius 1 is 1.11 bits per heavy atom. The van der Waals surface area contributed by atoms with Gasteiger partial charge in [0.1, 0.15) is 11.9 Å². The van der Waals surface area contributed by atoms with E-state index in [0.717, 1.165) is 50.1 Å². The van der Waals surface area contributed by atoms with Crippen molar-refractivity contribution in [3.63, 3.8) is 0 Å². The van der Waals surface area contributed by atoms with Gasteiger partial charge in [0.2, 0.25) is 0 Å². The summed E-state index contributed by atoms with van der Waals surface area (Å²) in [5.41, 5.74) is 1.64. The highest BCUT2D eigenvalue weighted by Gasteiger charge is 2.40. The van der Waals surface area contributed by atoms with E-state index in [4.69, 9.17) is 18.9 Å². The van der Waals surface area contributed by atoms with Crippen molar-refractivity contribution in [2.45, 2.75) is 64.6 Å². The summed E-state index contributed by atoms with van der Waals surface area (Å²) >= 11 is 0. The molecule has 1 aliphatic carbocycles. The number of methoxy groups -OCH3 is 1. The summed E-state index contributed by atoms with van der Waals surface area (Å²) in [6, 6.07) is 6.01. The van der Waals surface area contributed by atoms with Crippen molar-refractivity contribution in [3.05, 3.63) is 29.3 Å². The van der Waals surface area contributed by atoms with Crippen LogP contribution in [0.4, 0.5) is 4.79 Å². The Morgan fingerprint density at radius 3 is 2.53 bits per heavy atom. The van der Waals surface area contributed by atoms with Crippen LogP contribution in [0.2, 0.25) is 0 Å². The van der Waals surface area contributed by atoms with E-state index in [0.29, 0.717) is 45.1 Å². The molecule has 2 amide bonds. The molecular weight excluding hydrogens is 486 g/mol. The molecule has 1 N–H and O–H groups in total. The first kappa shape index (κ1) is 28.6. The van der Waals surface area contributed by atoms with Gasteiger partial charge in [0, 0.05) is 70.4 Å². The number of hydrogen-bond acceptors (Lipinski definition) is 7. The Morgan fingerprint density at radius 2 is 1.87 bits per heavy atom. The summed E-state index contributed by atoms with van der Waals surface area (Å²) in [6.07, 6.45) is 3.26. The van der Waals surface area contributed by atoms with Crippen LogP contribution in [0, 0.1) is 18.8 Å². The Bertz CT molecular complexity index is 931. The minimum absolute atomic E-state index is 0.00656. The zero-order valence-corrected chi connectivity index (χ0v) is 23.4. The lowest BCUT2D eigenvalue weighted by molar-refractivity contribution is 0.0454. The van der Waals surface area contributed by atoms with E-state index >= 15 is 0 Å². The second-order valence-corrected chi connectivity index (χ2v) is 11.2. The van der Waals surface area contributed by atoms with Crippen LogP contribution in [0.25, 0.3) is 0 Å². The molecule has 9 heteroatoms. The number of nitrogens with one attached hydrogen (secondary N) is 1. The van der Waals surface area contributed by atoms with Gasteiger partial charge in [-0.1, -0.05) is 6.07 Å². The summed E-state index contributed by atoms with van der Waals surface area (Å²) in [6.45, 7) is 11.4. The maximum absolute atomic E-state index is 13.7. The summed E-state index contributed by atoms with van der Waals surface area (Å²) in [5, 5.41) is 3.51. The largest absolute Gasteiger partial charge is 0.493 e. The number of amides is 2. The van der Waals surface area contributed by atoms with Crippen LogP contribution in [0.15, 0.2) is 18.2 Å². The normalized spacial score (nSPS) is 23.0. The van der Waals surface area contributed by atoms with Gasteiger partial charge in [0.05, 0.1) is 19.8 Å². The van der Waals surface area contributed by atoms with Gasteiger partial charge in [-0.25, -0.2) is 4.79 Å². The Kier molecular flexibility index (Phi) is 10.3. The number of ether oxygens (including phenoxy) is 4. The summed E-state index contributed by atoms with van der Waals surface area (Å²) in [7, 11) is 1.68. The van der Waals surface area contributed by atoms with Crippen molar-refractivity contribution in [1.29, 1.82) is 0 Å². The third-order valence-electron chi connectivity index (χ3n) is 7.79. The van der Waals surface area contributed by atoms with E-state index in [1.54, 1.807) is 7.11 Å². The zero-order valence-electron chi connectivity index (χ0n) is 23.4. The van der Waals surface area contributed by atoms with Crippen LogP contribution in [-0.2, 0) is 14.2 Å². The Labute approximate surface area is 227 Å². The average molecular weight is 532 g/mol. The molecule has 3 atom stereocenters. The fraction of sp³-hybridized carbons (Fsp3) is 0.724. The van der Waals surface area contributed by atoms with Gasteiger partial charge < -0.3 is 34.1 Å². The third-order valence-corrected chi connectivity index (χ3v) is 7.79. The van der Waals surface area contributed by atoms with Gasteiger partial charge in [-0.15, -0.1) is 0 Å². The maximum atomic E-state index is 13.7. The molecule has 3 aliphatic rings. The number of carbonyl (C=O) groups is 2. The van der Waals surface area contributed by atoms with Crippen molar-refractivity contribution in [3.8, 4) is 5.75 Å². The fourth-order valence-electron chi connectivity index (χ4n) is 5.26. The molecule has 9 nitrogen and oxygen atoms in total. The molecule has 0 aromatic heterocycles. The predicted molar refractivity (Wildman–Crippen MR) is 145 cm³/mol. The fourth-order valence-corrected chi connectivity index (χ4v) is 5.26. The van der Waals surface area contributed by atoms with Gasteiger partial charge >= 0.3 is 6.09 Å². The highest BCUT2D eigenvalue weighted by atomic mass is 16.6. The Hall–Kier alpha value is -2.36. The molecule has 2 heterocycles. The molecule has 0 spiro atoms. The van der Waals surface area contributed by atoms with Crippen LogP contribution >= 0.6 is 0 Å². The van der Waals surface area contributed by atoms with Gasteiger partial charge in [-0.05, 0) is 63.1 Å². The van der Waals surface area contributed by atoms with Crippen molar-refractivity contribution < 1.29 is 28.5 Å². The minimum Gasteiger partial charge on any atom is -0.493 e. The van der Waals surface area contributed by atoms with Crippen LogP contribution in [-0.4, -0.2) is 99.7 Å². The van der Waals surface area contributed by atoms with E-state index in [1.807, 2.05) is 34.9 Å². The molecule has 0 bridgehead atoms. The lowest BCUT2D eigenvalue weighted by Crippen LogP contribution is -2.45. The van der Waals surface area contributed by atoms with Gasteiger partial charge in [0.15, 0.2) is 0 Å². The van der Waals surface area contributed by atoms with E-state index < -0.39 is 0 Å². The monoisotopic (exact) mass is 531 g/mol. The summed E-state index contributed by atoms with van der Waals surface area (Å²) < 4.78 is 22.2. The molecule has 3 fully saturated rings. The maximum Gasteiger partial charge on any atom is 0.410 e. The standard InChI is InChI=1S/C29H45N3O6/c1-20(2)31(28(33)22-7-6-21(3)27(14-22)37-12-5-11-35-4)17-23-15-30-16-24(23)18-32(25-8-9-25)29(34)38-26-10-13-36-19-26/h6-7,14,20,23-26,30H,5,8-13,15-19H2,1-4H3/t23-,24-,26-/m0/s1. The lowest BCUT2D eigenvalue weighted by atomic mass is 9.94. The van der Waals surface area contributed by atoms with E-state index in [9.17, 15) is 9.59 Å². The minimum atomic E-state index is -0.219. The first-order valence-corrected chi connectivity index (χ1v) is 14.2. The predicted octanol–water partition coefficient (Wildman–Crippen LogP) is 3.49. The first-order chi connectivity index (χ1) is 18.4. The summed E-state index contributed by atoms with van der Waals surface area (Å²) in [5.74, 6) is 1.25. The molecule has 38 heavy (non-hydrogen) atoms. The molecule has 2 aliphatic heterocycles. The quantitative estimate of drug-likeness (QED) is 0.390. The Balaban J connectivity index is 1.39. The van der Waals surface area contributed by atoms with Crippen molar-refractivity contribution in [1.82, 2.24) is 15.1 Å². The van der Waals surface area contributed by atoms with Crippen LogP contribution in [0.3, 0.4) is 0 Å². The molecule has 1 aromatic rings. The topological polar surface area (TPSA) is 89.6 Å². The summed E-state index contributed by atoms with van der Waals surface area (Å²) in [4.78, 5) is 30.6. The smallest absolute Gasteiger partial charge is 0.410 e. The lowest BCUT2D eigenvalue weighted by Gasteiger charge is -2.33. The average Bonchev–Trinajstić information content (AvgIpc) is 3.42. The van der Waals surface area contributed by atoms with Crippen molar-refractivity contribution in [2.24, 2.45) is 11.8 Å². The van der Waals surface area contributed by atoms with Crippen molar-refractivity contribution in [2.75, 3.05) is 59.7 Å². The second kappa shape index (κ2) is 13.6. The molecule has 0 unspecified atom stereocenters. The number of nitrogens with zero attached hydrogens (tertiary/aromatic N) is 2. The highest BCUT2D eigenvalue weighted by Crippen LogP contribution is 2.31. The van der Waals surface area contributed by atoms with Crippen LogP contribution in [0.1, 0.15) is 55.5 Å². The van der Waals surface area contributed by atoms with Crippen molar-refractivity contribution >= 4 is 12.0 Å². The van der Waals surface area contributed by atoms with Gasteiger partial charge in [0.25, 0.3) is 5.91 Å². The first-order valence-electron chi connectivity index (χ1n) is 14.2. The number of rotatable bonds is 13. The molecule has 1 saturated carbocycles. The molecule has 4 rings (SSSR count). The molecule has 212 valence electrons.